The number of nitrogens with zero attached hydrogens (tertiary/aromatic N) is 4. The van der Waals surface area contributed by atoms with Gasteiger partial charge in [-0.05, 0) is 54.1 Å². The van der Waals surface area contributed by atoms with Crippen molar-refractivity contribution in [3.8, 4) is 11.4 Å². The number of aryl methyl sites for hydroxylation is 1. The number of ether oxygens (including phenoxy) is 2. The van der Waals surface area contributed by atoms with Crippen LogP contribution in [0.2, 0.25) is 0 Å². The second kappa shape index (κ2) is 15.3. The largest absolute Gasteiger partial charge is 0.452 e. The third kappa shape index (κ3) is 7.98. The van der Waals surface area contributed by atoms with E-state index in [-0.39, 0.29) is 42.6 Å². The fourth-order valence-electron chi connectivity index (χ4n) is 5.14. The molecule has 0 spiro atoms. The van der Waals surface area contributed by atoms with Gasteiger partial charge in [-0.2, -0.15) is 0 Å². The van der Waals surface area contributed by atoms with Gasteiger partial charge in [0.1, 0.15) is 11.4 Å². The van der Waals surface area contributed by atoms with Gasteiger partial charge in [0.05, 0.1) is 43.2 Å². The fraction of sp³-hybridized carbons (Fsp3) is 0.108. The van der Waals surface area contributed by atoms with Gasteiger partial charge in [0.15, 0.2) is 17.3 Å². The Kier molecular flexibility index (Phi) is 10.2. The van der Waals surface area contributed by atoms with Crippen molar-refractivity contribution in [2.45, 2.75) is 13.2 Å². The number of allylic oxidation sites excluding steroid dienone is 3. The monoisotopic (exact) mass is 691 g/mol. The Bertz CT molecular complexity index is 2310. The molecule has 5 aromatic rings. The van der Waals surface area contributed by atoms with Crippen LogP contribution in [-0.4, -0.2) is 37.4 Å². The molecule has 0 aliphatic carbocycles. The number of hydrogen-bond acceptors (Lipinski definition) is 8. The quantitative estimate of drug-likeness (QED) is 0.124. The summed E-state index contributed by atoms with van der Waals surface area (Å²) in [4.78, 5) is 44.8. The topological polar surface area (TPSA) is 145 Å². The molecule has 51 heavy (non-hydrogen) atoms. The first-order valence-corrected chi connectivity index (χ1v) is 15.6. The summed E-state index contributed by atoms with van der Waals surface area (Å²) in [5.41, 5.74) is 0.545. The van der Waals surface area contributed by atoms with Crippen molar-refractivity contribution >= 4 is 23.4 Å². The molecule has 3 heterocycles. The van der Waals surface area contributed by atoms with Crippen LogP contribution < -0.4 is 26.6 Å². The summed E-state index contributed by atoms with van der Waals surface area (Å²) in [6, 6.07) is 17.8. The lowest BCUT2D eigenvalue weighted by Gasteiger charge is -2.19. The number of nitrogens with one attached hydrogen (secondary N) is 3. The minimum absolute atomic E-state index is 0.00148. The zero-order valence-corrected chi connectivity index (χ0v) is 27.2. The van der Waals surface area contributed by atoms with Crippen molar-refractivity contribution in [1.29, 1.82) is 5.41 Å². The number of aromatic nitrogens is 4. The van der Waals surface area contributed by atoms with E-state index in [4.69, 9.17) is 14.9 Å². The van der Waals surface area contributed by atoms with Gasteiger partial charge < -0.3 is 30.1 Å². The van der Waals surface area contributed by atoms with Gasteiger partial charge in [0.25, 0.3) is 11.5 Å². The van der Waals surface area contributed by atoms with E-state index < -0.39 is 34.4 Å². The third-order valence-electron chi connectivity index (χ3n) is 7.67. The number of halogens is 2. The molecule has 1 aliphatic heterocycles. The van der Waals surface area contributed by atoms with Crippen LogP contribution in [-0.2, 0) is 24.9 Å². The van der Waals surface area contributed by atoms with Crippen LogP contribution in [0.1, 0.15) is 21.6 Å². The highest BCUT2D eigenvalue weighted by Gasteiger charge is 2.21. The van der Waals surface area contributed by atoms with Gasteiger partial charge in [0.2, 0.25) is 0 Å². The number of benzene rings is 3. The Morgan fingerprint density at radius 1 is 1.04 bits per heavy atom. The molecule has 6 rings (SSSR count). The minimum Gasteiger partial charge on any atom is -0.452 e. The third-order valence-corrected chi connectivity index (χ3v) is 7.67. The smallest absolute Gasteiger partial charge is 0.335 e. The SMILES string of the molecule is Cn1cnc(C2=CN/C(=C\C=N)C(Oc3ccc(NC(=O)c4cn(CCOCc5ccccc5)c(=O)n(-c5ccc(F)cc5)c4=O)cc3F)=C2)c1. The maximum Gasteiger partial charge on any atom is 0.335 e. The first kappa shape index (κ1) is 34.2. The molecule has 0 atom stereocenters. The number of rotatable bonds is 12. The summed E-state index contributed by atoms with van der Waals surface area (Å²) < 4.78 is 44.4. The van der Waals surface area contributed by atoms with Crippen molar-refractivity contribution in [1.82, 2.24) is 24.0 Å². The molecule has 0 unspecified atom stereocenters. The molecule has 14 heteroatoms. The average Bonchev–Trinajstić information content (AvgIpc) is 3.56. The molecule has 1 aliphatic rings. The molecule has 3 N–H and O–H groups in total. The van der Waals surface area contributed by atoms with Gasteiger partial charge in [0, 0.05) is 49.2 Å². The number of anilines is 1. The van der Waals surface area contributed by atoms with Crippen molar-refractivity contribution in [2.75, 3.05) is 11.9 Å². The molecule has 3 aromatic carbocycles. The second-order valence-corrected chi connectivity index (χ2v) is 11.3. The Morgan fingerprint density at radius 3 is 2.53 bits per heavy atom. The first-order chi connectivity index (χ1) is 24.7. The van der Waals surface area contributed by atoms with E-state index >= 15 is 4.39 Å². The number of hydrogen-bond donors (Lipinski definition) is 3. The second-order valence-electron chi connectivity index (χ2n) is 11.3. The van der Waals surface area contributed by atoms with Gasteiger partial charge in [-0.3, -0.25) is 14.2 Å². The van der Waals surface area contributed by atoms with Gasteiger partial charge in [-0.25, -0.2) is 23.1 Å². The minimum atomic E-state index is -0.954. The average molecular weight is 692 g/mol. The lowest BCUT2D eigenvalue weighted by molar-refractivity contribution is 0.102. The molecule has 0 radical (unpaired) electrons. The molecule has 0 saturated heterocycles. The Balaban J connectivity index is 1.24. The van der Waals surface area contributed by atoms with Crippen LogP contribution in [0.3, 0.4) is 0 Å². The summed E-state index contributed by atoms with van der Waals surface area (Å²) >= 11 is 0. The number of carbonyl (C=O) groups excluding carboxylic acids is 1. The lowest BCUT2D eigenvalue weighted by atomic mass is 10.1. The van der Waals surface area contributed by atoms with Crippen molar-refractivity contribution < 1.29 is 23.0 Å². The number of dihydropyridines is 1. The van der Waals surface area contributed by atoms with E-state index in [1.165, 1.54) is 30.3 Å². The maximum atomic E-state index is 15.4. The van der Waals surface area contributed by atoms with E-state index in [1.54, 1.807) is 29.4 Å². The molecule has 0 bridgehead atoms. The maximum absolute atomic E-state index is 15.4. The van der Waals surface area contributed by atoms with Crippen LogP contribution in [0, 0.1) is 17.0 Å². The van der Waals surface area contributed by atoms with Crippen molar-refractivity contribution in [2.24, 2.45) is 7.05 Å². The summed E-state index contributed by atoms with van der Waals surface area (Å²) in [5, 5.41) is 13.0. The highest BCUT2D eigenvalue weighted by molar-refractivity contribution is 6.03. The molecule has 1 amide bonds. The first-order valence-electron chi connectivity index (χ1n) is 15.6. The Labute approximate surface area is 289 Å². The van der Waals surface area contributed by atoms with Crippen LogP contribution in [0.4, 0.5) is 14.5 Å². The number of amides is 1. The van der Waals surface area contributed by atoms with Gasteiger partial charge in [-0.1, -0.05) is 30.3 Å². The van der Waals surface area contributed by atoms with Gasteiger partial charge >= 0.3 is 5.69 Å². The molecular formula is C37H31F2N7O5. The van der Waals surface area contributed by atoms with Gasteiger partial charge in [-0.15, -0.1) is 0 Å². The molecule has 0 fully saturated rings. The Morgan fingerprint density at radius 2 is 1.82 bits per heavy atom. The highest BCUT2D eigenvalue weighted by atomic mass is 19.1. The number of carbonyl (C=O) groups is 1. The predicted octanol–water partition coefficient (Wildman–Crippen LogP) is 4.92. The molecular weight excluding hydrogens is 660 g/mol. The molecule has 12 nitrogen and oxygen atoms in total. The van der Waals surface area contributed by atoms with E-state index in [0.29, 0.717) is 17.0 Å². The van der Waals surface area contributed by atoms with E-state index in [0.717, 1.165) is 45.3 Å². The lowest BCUT2D eigenvalue weighted by Crippen LogP contribution is -2.42. The van der Waals surface area contributed by atoms with E-state index in [9.17, 15) is 18.8 Å². The van der Waals surface area contributed by atoms with Crippen LogP contribution in [0.25, 0.3) is 11.3 Å². The zero-order valence-electron chi connectivity index (χ0n) is 27.2. The van der Waals surface area contributed by atoms with Crippen LogP contribution in [0.5, 0.6) is 5.75 Å². The zero-order chi connectivity index (χ0) is 35.9. The standard InChI is InChI=1S/C37H31F2N7O5/c1-44-21-32(42-23-44)25-17-34(31(13-14-40)41-19-25)51-33-12-9-27(18-30(33)39)43-35(47)29-20-45(15-16-50-22-24-5-3-2-4-6-24)37(49)46(36(29)48)28-10-7-26(38)8-11-28/h2-14,17-21,23,40-41H,15-16,22H2,1H3,(H,43,47)/b31-13-,40-14?. The van der Waals surface area contributed by atoms with E-state index in [2.05, 4.69) is 15.6 Å². The predicted molar refractivity (Wildman–Crippen MR) is 187 cm³/mol. The summed E-state index contributed by atoms with van der Waals surface area (Å²) in [6.07, 6.45) is 10.4. The molecule has 0 saturated carbocycles. The summed E-state index contributed by atoms with van der Waals surface area (Å²) in [6.45, 7) is 0.346. The van der Waals surface area contributed by atoms with Crippen LogP contribution in [0.15, 0.2) is 131 Å². The number of imidazole rings is 1. The molecule has 258 valence electrons. The van der Waals surface area contributed by atoms with Crippen molar-refractivity contribution in [3.05, 3.63) is 171 Å². The fourth-order valence-corrected chi connectivity index (χ4v) is 5.14. The summed E-state index contributed by atoms with van der Waals surface area (Å²) in [5.74, 6) is -2.28. The van der Waals surface area contributed by atoms with E-state index in [1.807, 2.05) is 37.4 Å². The van der Waals surface area contributed by atoms with Crippen LogP contribution >= 0.6 is 0 Å². The van der Waals surface area contributed by atoms with Crippen molar-refractivity contribution in [3.63, 3.8) is 0 Å². The summed E-state index contributed by atoms with van der Waals surface area (Å²) in [7, 11) is 1.82. The Hall–Kier alpha value is -6.67. The highest BCUT2D eigenvalue weighted by Crippen LogP contribution is 2.28. The molecule has 2 aromatic heterocycles. The normalized spacial score (nSPS) is 13.3.